The van der Waals surface area contributed by atoms with Gasteiger partial charge in [0.1, 0.15) is 0 Å². The fraction of sp³-hybridized carbons (Fsp3) is 0.538. The van der Waals surface area contributed by atoms with Gasteiger partial charge in [-0.25, -0.2) is 0 Å². The third-order valence-electron chi connectivity index (χ3n) is 2.23. The van der Waals surface area contributed by atoms with Crippen molar-refractivity contribution in [2.45, 2.75) is 44.9 Å². The molecular formula is C13H19. The van der Waals surface area contributed by atoms with Crippen molar-refractivity contribution < 1.29 is 0 Å². The molecule has 0 nitrogen and oxygen atoms in total. The summed E-state index contributed by atoms with van der Waals surface area (Å²) in [5.41, 5.74) is 0. The number of allylic oxidation sites excluding steroid dienone is 6. The Labute approximate surface area is 82.0 Å². The predicted molar refractivity (Wildman–Crippen MR) is 58.4 cm³/mol. The Balaban J connectivity index is 2.29. The Morgan fingerprint density at radius 3 is 2.46 bits per heavy atom. The standard InChI is InChI=1S/C13H19/c1-2-4-6-8-10-12-13-11-9-7-5-3-1/h1-4,10H,5-7,9,11-13H2. The van der Waals surface area contributed by atoms with Crippen LogP contribution in [-0.2, 0) is 0 Å². The van der Waals surface area contributed by atoms with E-state index in [0.29, 0.717) is 0 Å². The van der Waals surface area contributed by atoms with E-state index in [9.17, 15) is 0 Å². The highest BCUT2D eigenvalue weighted by atomic mass is 13.9. The molecule has 0 aromatic heterocycles. The van der Waals surface area contributed by atoms with Gasteiger partial charge in [0.25, 0.3) is 0 Å². The topological polar surface area (TPSA) is 0 Å². The minimum absolute atomic E-state index is 0.963. The van der Waals surface area contributed by atoms with Crippen molar-refractivity contribution in [3.63, 3.8) is 0 Å². The molecule has 0 heteroatoms. The summed E-state index contributed by atoms with van der Waals surface area (Å²) < 4.78 is 0. The molecular weight excluding hydrogens is 156 g/mol. The highest BCUT2D eigenvalue weighted by Gasteiger charge is 1.87. The second kappa shape index (κ2) is 7.85. The fourth-order valence-electron chi connectivity index (χ4n) is 1.44. The first-order valence-corrected chi connectivity index (χ1v) is 5.37. The number of rotatable bonds is 0. The molecule has 0 bridgehead atoms. The summed E-state index contributed by atoms with van der Waals surface area (Å²) >= 11 is 0. The normalized spacial score (nSPS) is 20.3. The first-order valence-electron chi connectivity index (χ1n) is 5.37. The minimum atomic E-state index is 0.963. The maximum Gasteiger partial charge on any atom is -0.00948 e. The molecule has 0 saturated carbocycles. The van der Waals surface area contributed by atoms with Gasteiger partial charge < -0.3 is 0 Å². The molecule has 0 aliphatic heterocycles. The fourth-order valence-corrected chi connectivity index (χ4v) is 1.44. The van der Waals surface area contributed by atoms with Gasteiger partial charge in [-0.3, -0.25) is 0 Å². The molecule has 0 saturated heterocycles. The van der Waals surface area contributed by atoms with Crippen molar-refractivity contribution in [2.24, 2.45) is 0 Å². The smallest absolute Gasteiger partial charge is 0.00948 e. The van der Waals surface area contributed by atoms with Gasteiger partial charge in [0, 0.05) is 0 Å². The summed E-state index contributed by atoms with van der Waals surface area (Å²) in [6.45, 7) is 0. The first kappa shape index (κ1) is 10.3. The second-order valence-corrected chi connectivity index (χ2v) is 3.46. The lowest BCUT2D eigenvalue weighted by Crippen LogP contribution is -1.76. The molecule has 0 fully saturated rings. The summed E-state index contributed by atoms with van der Waals surface area (Å²) in [5.74, 6) is 0. The average molecular weight is 175 g/mol. The van der Waals surface area contributed by atoms with Crippen molar-refractivity contribution in [3.8, 4) is 0 Å². The SMILES string of the molecule is [C]1=CCCCCCCC=CC=CC1. The maximum atomic E-state index is 3.28. The number of hydrogen-bond donors (Lipinski definition) is 0. The molecule has 1 radical (unpaired) electrons. The Morgan fingerprint density at radius 1 is 0.769 bits per heavy atom. The first-order chi connectivity index (χ1) is 6.50. The van der Waals surface area contributed by atoms with Crippen LogP contribution in [0.3, 0.4) is 0 Å². The lowest BCUT2D eigenvalue weighted by Gasteiger charge is -1.95. The molecule has 0 heterocycles. The quantitative estimate of drug-likeness (QED) is 0.517. The zero-order chi connectivity index (χ0) is 9.19. The molecule has 0 unspecified atom stereocenters. The molecule has 1 aliphatic rings. The summed E-state index contributed by atoms with van der Waals surface area (Å²) in [6, 6.07) is 0. The highest BCUT2D eigenvalue weighted by molar-refractivity contribution is 5.03. The van der Waals surface area contributed by atoms with Crippen LogP contribution in [0.1, 0.15) is 44.9 Å². The van der Waals surface area contributed by atoms with Gasteiger partial charge in [0.2, 0.25) is 0 Å². The Morgan fingerprint density at radius 2 is 1.54 bits per heavy atom. The van der Waals surface area contributed by atoms with Crippen LogP contribution >= 0.6 is 0 Å². The van der Waals surface area contributed by atoms with Gasteiger partial charge >= 0.3 is 0 Å². The molecule has 1 rings (SSSR count). The van der Waals surface area contributed by atoms with Gasteiger partial charge in [-0.2, -0.15) is 0 Å². The van der Waals surface area contributed by atoms with Crippen LogP contribution in [0, 0.1) is 6.08 Å². The van der Waals surface area contributed by atoms with Crippen molar-refractivity contribution in [1.29, 1.82) is 0 Å². The Hall–Kier alpha value is -0.780. The maximum absolute atomic E-state index is 3.28. The third kappa shape index (κ3) is 6.39. The molecule has 0 aromatic carbocycles. The van der Waals surface area contributed by atoms with Gasteiger partial charge in [0.15, 0.2) is 0 Å². The summed E-state index contributed by atoms with van der Waals surface area (Å²) in [5, 5.41) is 0. The van der Waals surface area contributed by atoms with E-state index >= 15 is 0 Å². The van der Waals surface area contributed by atoms with E-state index in [-0.39, 0.29) is 0 Å². The zero-order valence-corrected chi connectivity index (χ0v) is 8.34. The molecule has 71 valence electrons. The van der Waals surface area contributed by atoms with Gasteiger partial charge in [-0.05, 0) is 38.2 Å². The summed E-state index contributed by atoms with van der Waals surface area (Å²) in [4.78, 5) is 0. The minimum Gasteiger partial charge on any atom is -0.0845 e. The van der Waals surface area contributed by atoms with Crippen molar-refractivity contribution in [2.75, 3.05) is 0 Å². The molecule has 13 heavy (non-hydrogen) atoms. The highest BCUT2D eigenvalue weighted by Crippen LogP contribution is 2.07. The van der Waals surface area contributed by atoms with Gasteiger partial charge in [0.05, 0.1) is 0 Å². The van der Waals surface area contributed by atoms with Crippen molar-refractivity contribution in [1.82, 2.24) is 0 Å². The van der Waals surface area contributed by atoms with Gasteiger partial charge in [-0.1, -0.05) is 43.2 Å². The monoisotopic (exact) mass is 175 g/mol. The van der Waals surface area contributed by atoms with E-state index in [1.54, 1.807) is 0 Å². The van der Waals surface area contributed by atoms with E-state index in [1.807, 2.05) is 0 Å². The second-order valence-electron chi connectivity index (χ2n) is 3.46. The predicted octanol–water partition coefficient (Wildman–Crippen LogP) is 4.20. The molecule has 0 amide bonds. The summed E-state index contributed by atoms with van der Waals surface area (Å²) in [6.07, 6.45) is 23.0. The van der Waals surface area contributed by atoms with Crippen LogP contribution in [0.5, 0.6) is 0 Å². The lowest BCUT2D eigenvalue weighted by molar-refractivity contribution is 0.652. The third-order valence-corrected chi connectivity index (χ3v) is 2.23. The molecule has 0 atom stereocenters. The Kier molecular flexibility index (Phi) is 6.22. The van der Waals surface area contributed by atoms with Crippen LogP contribution in [0.25, 0.3) is 0 Å². The van der Waals surface area contributed by atoms with E-state index in [2.05, 4.69) is 36.5 Å². The van der Waals surface area contributed by atoms with E-state index in [4.69, 9.17) is 0 Å². The van der Waals surface area contributed by atoms with Crippen LogP contribution in [0.15, 0.2) is 30.4 Å². The lowest BCUT2D eigenvalue weighted by atomic mass is 10.1. The Bertz CT molecular complexity index is 184. The molecule has 0 spiro atoms. The van der Waals surface area contributed by atoms with Crippen LogP contribution in [0.2, 0.25) is 0 Å². The average Bonchev–Trinajstić information content (AvgIpc) is 2.18. The van der Waals surface area contributed by atoms with Crippen molar-refractivity contribution >= 4 is 0 Å². The van der Waals surface area contributed by atoms with Crippen LogP contribution < -0.4 is 0 Å². The molecule has 1 aliphatic carbocycles. The molecule has 0 aromatic rings. The van der Waals surface area contributed by atoms with E-state index in [1.165, 1.54) is 38.5 Å². The van der Waals surface area contributed by atoms with Crippen molar-refractivity contribution in [3.05, 3.63) is 36.5 Å². The van der Waals surface area contributed by atoms with E-state index in [0.717, 1.165) is 6.42 Å². The molecule has 0 N–H and O–H groups in total. The number of hydrogen-bond acceptors (Lipinski definition) is 0. The van der Waals surface area contributed by atoms with Crippen LogP contribution in [-0.4, -0.2) is 0 Å². The zero-order valence-electron chi connectivity index (χ0n) is 8.34. The van der Waals surface area contributed by atoms with E-state index < -0.39 is 0 Å². The summed E-state index contributed by atoms with van der Waals surface area (Å²) in [7, 11) is 0. The van der Waals surface area contributed by atoms with Crippen LogP contribution in [0.4, 0.5) is 0 Å². The largest absolute Gasteiger partial charge is 0.0845 e. The van der Waals surface area contributed by atoms with Gasteiger partial charge in [-0.15, -0.1) is 0 Å².